The Morgan fingerprint density at radius 1 is 1.25 bits per heavy atom. The molecule has 0 aromatic heterocycles. The lowest BCUT2D eigenvalue weighted by Gasteiger charge is -2.14. The van der Waals surface area contributed by atoms with E-state index in [0.29, 0.717) is 12.8 Å². The molecule has 0 atom stereocenters. The summed E-state index contributed by atoms with van der Waals surface area (Å²) < 4.78 is 16.9. The number of benzene rings is 1. The normalized spacial score (nSPS) is 16.8. The van der Waals surface area contributed by atoms with Crippen LogP contribution in [0.25, 0.3) is 0 Å². The topological polar surface area (TPSA) is 39.7 Å². The number of nitrogens with one attached hydrogen (secondary N) is 1. The van der Waals surface area contributed by atoms with Crippen molar-refractivity contribution in [3.8, 4) is 17.2 Å². The molecule has 0 spiro atoms. The summed E-state index contributed by atoms with van der Waals surface area (Å²) in [5, 5.41) is 3.43. The van der Waals surface area contributed by atoms with Crippen molar-refractivity contribution in [2.45, 2.75) is 45.7 Å². The van der Waals surface area contributed by atoms with Crippen LogP contribution in [0.15, 0.2) is 12.1 Å². The Morgan fingerprint density at radius 3 is 2.70 bits per heavy atom. The van der Waals surface area contributed by atoms with Crippen molar-refractivity contribution >= 4 is 0 Å². The van der Waals surface area contributed by atoms with Crippen molar-refractivity contribution in [1.82, 2.24) is 5.32 Å². The van der Waals surface area contributed by atoms with Gasteiger partial charge in [0.05, 0.1) is 6.61 Å². The molecule has 1 aliphatic heterocycles. The molecule has 2 aliphatic rings. The van der Waals surface area contributed by atoms with Crippen LogP contribution < -0.4 is 19.5 Å². The van der Waals surface area contributed by atoms with E-state index in [4.69, 9.17) is 14.2 Å². The highest BCUT2D eigenvalue weighted by atomic mass is 16.7. The second-order valence-electron chi connectivity index (χ2n) is 5.93. The van der Waals surface area contributed by atoms with Gasteiger partial charge in [-0.15, -0.1) is 0 Å². The maximum Gasteiger partial charge on any atom is 0.231 e. The third-order valence-electron chi connectivity index (χ3n) is 3.74. The highest BCUT2D eigenvalue weighted by molar-refractivity contribution is 5.51. The van der Waals surface area contributed by atoms with Crippen molar-refractivity contribution in [3.05, 3.63) is 17.7 Å². The van der Waals surface area contributed by atoms with E-state index in [1.54, 1.807) is 0 Å². The van der Waals surface area contributed by atoms with Gasteiger partial charge in [-0.1, -0.05) is 26.7 Å². The summed E-state index contributed by atoms with van der Waals surface area (Å²) in [6.07, 6.45) is 3.89. The van der Waals surface area contributed by atoms with Crippen LogP contribution in [-0.2, 0) is 6.54 Å². The Kier molecular flexibility index (Phi) is 4.01. The van der Waals surface area contributed by atoms with Gasteiger partial charge in [-0.3, -0.25) is 0 Å². The molecular weight excluding hydrogens is 254 g/mol. The molecular formula is C16H23NO3. The SMILES string of the molecule is CC(C)NCc1cc2c(cc1OCCC1CC1)OCO2. The summed E-state index contributed by atoms with van der Waals surface area (Å²) in [6.45, 7) is 6.16. The van der Waals surface area contributed by atoms with Gasteiger partial charge in [0.2, 0.25) is 6.79 Å². The highest BCUT2D eigenvalue weighted by Gasteiger charge is 2.22. The molecule has 110 valence electrons. The van der Waals surface area contributed by atoms with E-state index in [1.165, 1.54) is 12.8 Å². The summed E-state index contributed by atoms with van der Waals surface area (Å²) >= 11 is 0. The van der Waals surface area contributed by atoms with Gasteiger partial charge in [0.25, 0.3) is 0 Å². The first-order valence-electron chi connectivity index (χ1n) is 7.51. The van der Waals surface area contributed by atoms with Crippen LogP contribution in [0.4, 0.5) is 0 Å². The van der Waals surface area contributed by atoms with E-state index in [1.807, 2.05) is 12.1 Å². The van der Waals surface area contributed by atoms with Crippen LogP contribution in [0.3, 0.4) is 0 Å². The monoisotopic (exact) mass is 277 g/mol. The van der Waals surface area contributed by atoms with Gasteiger partial charge in [-0.2, -0.15) is 0 Å². The molecule has 1 aromatic rings. The van der Waals surface area contributed by atoms with E-state index in [2.05, 4.69) is 19.2 Å². The molecule has 4 nitrogen and oxygen atoms in total. The minimum Gasteiger partial charge on any atom is -0.493 e. The van der Waals surface area contributed by atoms with Crippen LogP contribution in [-0.4, -0.2) is 19.4 Å². The van der Waals surface area contributed by atoms with E-state index in [0.717, 1.165) is 48.3 Å². The Bertz CT molecular complexity index is 469. The predicted molar refractivity (Wildman–Crippen MR) is 77.4 cm³/mol. The Morgan fingerprint density at radius 2 is 2.00 bits per heavy atom. The first kappa shape index (κ1) is 13.6. The van der Waals surface area contributed by atoms with Gasteiger partial charge in [-0.25, -0.2) is 0 Å². The first-order chi connectivity index (χ1) is 9.72. The van der Waals surface area contributed by atoms with Crippen LogP contribution in [0.5, 0.6) is 17.2 Å². The average molecular weight is 277 g/mol. The van der Waals surface area contributed by atoms with Crippen molar-refractivity contribution in [2.75, 3.05) is 13.4 Å². The van der Waals surface area contributed by atoms with Gasteiger partial charge < -0.3 is 19.5 Å². The standard InChI is InChI=1S/C16H23NO3/c1-11(2)17-9-13-7-15-16(20-10-19-15)8-14(13)18-6-5-12-3-4-12/h7-8,11-12,17H,3-6,9-10H2,1-2H3. The molecule has 0 radical (unpaired) electrons. The number of hydrogen-bond donors (Lipinski definition) is 1. The lowest BCUT2D eigenvalue weighted by Crippen LogP contribution is -2.22. The Labute approximate surface area is 120 Å². The van der Waals surface area contributed by atoms with Crippen LogP contribution in [0, 0.1) is 5.92 Å². The molecule has 0 amide bonds. The number of fused-ring (bicyclic) bond motifs is 1. The molecule has 1 fully saturated rings. The Balaban J connectivity index is 1.69. The average Bonchev–Trinajstić information content (AvgIpc) is 3.13. The fraction of sp³-hybridized carbons (Fsp3) is 0.625. The lowest BCUT2D eigenvalue weighted by atomic mass is 10.1. The summed E-state index contributed by atoms with van der Waals surface area (Å²) in [7, 11) is 0. The molecule has 1 heterocycles. The van der Waals surface area contributed by atoms with Crippen molar-refractivity contribution in [2.24, 2.45) is 5.92 Å². The molecule has 1 N–H and O–H groups in total. The Hall–Kier alpha value is -1.42. The van der Waals surface area contributed by atoms with Gasteiger partial charge in [0.15, 0.2) is 11.5 Å². The van der Waals surface area contributed by atoms with E-state index < -0.39 is 0 Å². The zero-order valence-electron chi connectivity index (χ0n) is 12.3. The quantitative estimate of drug-likeness (QED) is 0.831. The number of ether oxygens (including phenoxy) is 3. The first-order valence-corrected chi connectivity index (χ1v) is 7.51. The van der Waals surface area contributed by atoms with Crippen LogP contribution >= 0.6 is 0 Å². The number of hydrogen-bond acceptors (Lipinski definition) is 4. The summed E-state index contributed by atoms with van der Waals surface area (Å²) in [5.41, 5.74) is 1.14. The summed E-state index contributed by atoms with van der Waals surface area (Å²) in [5.74, 6) is 3.42. The minimum atomic E-state index is 0.303. The van der Waals surface area contributed by atoms with Crippen LogP contribution in [0.1, 0.15) is 38.7 Å². The lowest BCUT2D eigenvalue weighted by molar-refractivity contribution is 0.173. The molecule has 1 saturated carbocycles. The molecule has 1 aliphatic carbocycles. The summed E-state index contributed by atoms with van der Waals surface area (Å²) in [4.78, 5) is 0. The maximum atomic E-state index is 5.97. The van der Waals surface area contributed by atoms with Gasteiger partial charge in [0.1, 0.15) is 5.75 Å². The smallest absolute Gasteiger partial charge is 0.231 e. The predicted octanol–water partition coefficient (Wildman–Crippen LogP) is 3.09. The second-order valence-corrected chi connectivity index (χ2v) is 5.93. The van der Waals surface area contributed by atoms with Gasteiger partial charge in [0, 0.05) is 24.2 Å². The molecule has 3 rings (SSSR count). The van der Waals surface area contributed by atoms with E-state index >= 15 is 0 Å². The van der Waals surface area contributed by atoms with Gasteiger partial charge in [-0.05, 0) is 18.4 Å². The number of rotatable bonds is 7. The largest absolute Gasteiger partial charge is 0.493 e. The third kappa shape index (κ3) is 3.37. The molecule has 20 heavy (non-hydrogen) atoms. The van der Waals surface area contributed by atoms with Crippen LogP contribution in [0.2, 0.25) is 0 Å². The fourth-order valence-corrected chi connectivity index (χ4v) is 2.29. The van der Waals surface area contributed by atoms with E-state index in [-0.39, 0.29) is 0 Å². The summed E-state index contributed by atoms with van der Waals surface area (Å²) in [6, 6.07) is 4.44. The van der Waals surface area contributed by atoms with E-state index in [9.17, 15) is 0 Å². The molecule has 4 heteroatoms. The minimum absolute atomic E-state index is 0.303. The fourth-order valence-electron chi connectivity index (χ4n) is 2.29. The maximum absolute atomic E-state index is 5.97. The van der Waals surface area contributed by atoms with Crippen molar-refractivity contribution < 1.29 is 14.2 Å². The zero-order valence-corrected chi connectivity index (χ0v) is 12.3. The third-order valence-corrected chi connectivity index (χ3v) is 3.74. The molecule has 0 unspecified atom stereocenters. The molecule has 0 saturated heterocycles. The zero-order chi connectivity index (χ0) is 13.9. The second kappa shape index (κ2) is 5.92. The van der Waals surface area contributed by atoms with Gasteiger partial charge >= 0.3 is 0 Å². The van der Waals surface area contributed by atoms with Crippen molar-refractivity contribution in [3.63, 3.8) is 0 Å². The molecule has 1 aromatic carbocycles. The van der Waals surface area contributed by atoms with Crippen molar-refractivity contribution in [1.29, 1.82) is 0 Å². The highest BCUT2D eigenvalue weighted by Crippen LogP contribution is 2.39. The molecule has 0 bridgehead atoms.